The average Bonchev–Trinajstić information content (AvgIpc) is 3.25. The molecule has 1 aliphatic rings. The van der Waals surface area contributed by atoms with Crippen LogP contribution in [0, 0.1) is 0 Å². The molecule has 1 amide bonds. The largest absolute Gasteiger partial charge is 0.383 e. The molecule has 2 aromatic carbocycles. The van der Waals surface area contributed by atoms with E-state index in [9.17, 15) is 4.79 Å². The quantitative estimate of drug-likeness (QED) is 0.292. The van der Waals surface area contributed by atoms with Crippen LogP contribution in [0.25, 0.3) is 17.0 Å². The third-order valence-electron chi connectivity index (χ3n) is 5.34. The molecule has 0 atom stereocenters. The summed E-state index contributed by atoms with van der Waals surface area (Å²) in [6.07, 6.45) is 5.07. The van der Waals surface area contributed by atoms with Crippen LogP contribution >= 0.6 is 39.9 Å². The Labute approximate surface area is 200 Å². The Morgan fingerprint density at radius 3 is 2.68 bits per heavy atom. The van der Waals surface area contributed by atoms with Gasteiger partial charge in [-0.3, -0.25) is 9.69 Å². The Hall–Kier alpha value is -1.93. The number of fused-ring (bicyclic) bond motifs is 1. The van der Waals surface area contributed by atoms with Crippen LogP contribution in [-0.2, 0) is 22.5 Å². The second-order valence-electron chi connectivity index (χ2n) is 7.33. The number of carbonyl (C=O) groups is 1. The maximum atomic E-state index is 12.9. The standard InChI is InChI=1S/C24H23BrN2O2S2/c1-3-17-5-4-6-20-18(13-21-23(28)27(11-12-29-2)24(30)31-21)15-26(22(17)20)14-16-7-9-19(25)10-8-16/h4-10,13,15H,3,11-12,14H2,1-2H3/b21-13+. The van der Waals surface area contributed by atoms with E-state index in [0.717, 1.165) is 28.4 Å². The van der Waals surface area contributed by atoms with Crippen molar-refractivity contribution >= 4 is 67.1 Å². The van der Waals surface area contributed by atoms with Gasteiger partial charge in [0.25, 0.3) is 5.91 Å². The lowest BCUT2D eigenvalue weighted by atomic mass is 10.1. The van der Waals surface area contributed by atoms with E-state index in [0.29, 0.717) is 22.4 Å². The van der Waals surface area contributed by atoms with Crippen molar-refractivity contribution in [1.29, 1.82) is 0 Å². The average molecular weight is 515 g/mol. The van der Waals surface area contributed by atoms with E-state index >= 15 is 0 Å². The minimum absolute atomic E-state index is 0.0486. The van der Waals surface area contributed by atoms with E-state index < -0.39 is 0 Å². The third kappa shape index (κ3) is 4.65. The highest BCUT2D eigenvalue weighted by Crippen LogP contribution is 2.35. The van der Waals surface area contributed by atoms with Crippen LogP contribution in [0.5, 0.6) is 0 Å². The first kappa shape index (κ1) is 22.3. The number of benzene rings is 2. The number of hydrogen-bond acceptors (Lipinski definition) is 4. The van der Waals surface area contributed by atoms with Gasteiger partial charge < -0.3 is 9.30 Å². The zero-order chi connectivity index (χ0) is 22.0. The lowest BCUT2D eigenvalue weighted by Gasteiger charge is -2.12. The lowest BCUT2D eigenvalue weighted by molar-refractivity contribution is -0.122. The van der Waals surface area contributed by atoms with Gasteiger partial charge in [-0.2, -0.15) is 0 Å². The summed E-state index contributed by atoms with van der Waals surface area (Å²) >= 11 is 10.3. The summed E-state index contributed by atoms with van der Waals surface area (Å²) in [5.74, 6) is -0.0486. The summed E-state index contributed by atoms with van der Waals surface area (Å²) in [5, 5.41) is 1.15. The summed E-state index contributed by atoms with van der Waals surface area (Å²) in [6, 6.07) is 14.8. The van der Waals surface area contributed by atoms with Crippen molar-refractivity contribution in [3.05, 3.63) is 74.7 Å². The molecule has 0 radical (unpaired) electrons. The zero-order valence-electron chi connectivity index (χ0n) is 17.4. The van der Waals surface area contributed by atoms with Gasteiger partial charge in [-0.25, -0.2) is 0 Å². The Bertz CT molecular complexity index is 1170. The van der Waals surface area contributed by atoms with Gasteiger partial charge in [0.15, 0.2) is 0 Å². The Morgan fingerprint density at radius 1 is 1.19 bits per heavy atom. The molecule has 0 aliphatic carbocycles. The topological polar surface area (TPSA) is 34.5 Å². The van der Waals surface area contributed by atoms with E-state index in [2.05, 4.69) is 76.1 Å². The van der Waals surface area contributed by atoms with Gasteiger partial charge >= 0.3 is 0 Å². The molecule has 0 saturated carbocycles. The highest BCUT2D eigenvalue weighted by atomic mass is 79.9. The number of methoxy groups -OCH3 is 1. The molecule has 3 aromatic rings. The summed E-state index contributed by atoms with van der Waals surface area (Å²) in [6.45, 7) is 3.88. The number of amides is 1. The molecular weight excluding hydrogens is 492 g/mol. The minimum Gasteiger partial charge on any atom is -0.383 e. The molecular formula is C24H23BrN2O2S2. The predicted octanol–water partition coefficient (Wildman–Crippen LogP) is 5.86. The van der Waals surface area contributed by atoms with Crippen molar-refractivity contribution in [2.24, 2.45) is 0 Å². The Balaban J connectivity index is 1.75. The van der Waals surface area contributed by atoms with Crippen LogP contribution in [-0.4, -0.2) is 40.0 Å². The summed E-state index contributed by atoms with van der Waals surface area (Å²) in [4.78, 5) is 15.2. The number of thioether (sulfide) groups is 1. The molecule has 4 nitrogen and oxygen atoms in total. The van der Waals surface area contributed by atoms with Gasteiger partial charge in [-0.05, 0) is 35.8 Å². The van der Waals surface area contributed by atoms with Gasteiger partial charge in [0.2, 0.25) is 0 Å². The number of carbonyl (C=O) groups excluding carboxylic acids is 1. The van der Waals surface area contributed by atoms with E-state index in [-0.39, 0.29) is 5.91 Å². The van der Waals surface area contributed by atoms with Crippen LogP contribution in [0.3, 0.4) is 0 Å². The van der Waals surface area contributed by atoms with Gasteiger partial charge in [-0.1, -0.05) is 77.2 Å². The van der Waals surface area contributed by atoms with Gasteiger partial charge in [0.1, 0.15) is 4.32 Å². The van der Waals surface area contributed by atoms with E-state index in [1.807, 2.05) is 6.08 Å². The van der Waals surface area contributed by atoms with E-state index in [4.69, 9.17) is 17.0 Å². The normalized spacial score (nSPS) is 15.6. The molecule has 0 N–H and O–H groups in total. The Morgan fingerprint density at radius 2 is 1.97 bits per heavy atom. The Kier molecular flexibility index (Phi) is 6.96. The lowest BCUT2D eigenvalue weighted by Crippen LogP contribution is -2.31. The first-order chi connectivity index (χ1) is 15.0. The first-order valence-electron chi connectivity index (χ1n) is 10.1. The van der Waals surface area contributed by atoms with Crippen molar-refractivity contribution < 1.29 is 9.53 Å². The van der Waals surface area contributed by atoms with Crippen LogP contribution in [0.1, 0.15) is 23.6 Å². The number of aryl methyl sites for hydroxylation is 1. The molecule has 1 fully saturated rings. The van der Waals surface area contributed by atoms with E-state index in [1.165, 1.54) is 28.4 Å². The molecule has 4 rings (SSSR count). The highest BCUT2D eigenvalue weighted by Gasteiger charge is 2.31. The number of ether oxygens (including phenoxy) is 1. The third-order valence-corrected chi connectivity index (χ3v) is 7.25. The van der Waals surface area contributed by atoms with Crippen LogP contribution in [0.4, 0.5) is 0 Å². The number of para-hydroxylation sites is 1. The van der Waals surface area contributed by atoms with Gasteiger partial charge in [-0.15, -0.1) is 0 Å². The number of nitrogens with zero attached hydrogens (tertiary/aromatic N) is 2. The maximum absolute atomic E-state index is 12.9. The molecule has 1 saturated heterocycles. The van der Waals surface area contributed by atoms with Crippen molar-refractivity contribution in [2.45, 2.75) is 19.9 Å². The number of halogens is 1. The maximum Gasteiger partial charge on any atom is 0.266 e. The molecule has 1 aliphatic heterocycles. The van der Waals surface area contributed by atoms with Crippen LogP contribution in [0.2, 0.25) is 0 Å². The summed E-state index contributed by atoms with van der Waals surface area (Å²) < 4.78 is 9.06. The van der Waals surface area contributed by atoms with Crippen molar-refractivity contribution in [2.75, 3.05) is 20.3 Å². The molecule has 0 unspecified atom stereocenters. The first-order valence-corrected chi connectivity index (χ1v) is 12.1. The van der Waals surface area contributed by atoms with Gasteiger partial charge in [0.05, 0.1) is 23.6 Å². The number of rotatable bonds is 7. The monoisotopic (exact) mass is 514 g/mol. The SMILES string of the molecule is CCc1cccc2c(/C=C3/SC(=S)N(CCOC)C3=O)cn(Cc3ccc(Br)cc3)c12. The molecule has 2 heterocycles. The fourth-order valence-corrected chi connectivity index (χ4v) is 5.36. The van der Waals surface area contributed by atoms with E-state index in [1.54, 1.807) is 12.0 Å². The minimum atomic E-state index is -0.0486. The highest BCUT2D eigenvalue weighted by molar-refractivity contribution is 9.10. The molecule has 7 heteroatoms. The molecule has 31 heavy (non-hydrogen) atoms. The summed E-state index contributed by atoms with van der Waals surface area (Å²) in [7, 11) is 1.62. The number of thiocarbonyl (C=S) groups is 1. The molecule has 160 valence electrons. The van der Waals surface area contributed by atoms with Crippen LogP contribution < -0.4 is 0 Å². The fraction of sp³-hybridized carbons (Fsp3) is 0.250. The van der Waals surface area contributed by atoms with Crippen molar-refractivity contribution in [1.82, 2.24) is 9.47 Å². The van der Waals surface area contributed by atoms with Gasteiger partial charge in [0, 0.05) is 35.3 Å². The number of aromatic nitrogens is 1. The molecule has 1 aromatic heterocycles. The molecule has 0 bridgehead atoms. The summed E-state index contributed by atoms with van der Waals surface area (Å²) in [5.41, 5.74) is 4.77. The van der Waals surface area contributed by atoms with Crippen LogP contribution in [0.15, 0.2) is 58.0 Å². The smallest absolute Gasteiger partial charge is 0.266 e. The van der Waals surface area contributed by atoms with Crippen molar-refractivity contribution in [3.63, 3.8) is 0 Å². The van der Waals surface area contributed by atoms with Crippen molar-refractivity contribution in [3.8, 4) is 0 Å². The zero-order valence-corrected chi connectivity index (χ0v) is 20.6. The second kappa shape index (κ2) is 9.69. The second-order valence-corrected chi connectivity index (χ2v) is 9.92. The fourth-order valence-electron chi connectivity index (χ4n) is 3.79. The predicted molar refractivity (Wildman–Crippen MR) is 136 cm³/mol. The number of hydrogen-bond donors (Lipinski definition) is 0. The molecule has 0 spiro atoms.